The van der Waals surface area contributed by atoms with Crippen molar-refractivity contribution in [2.45, 2.75) is 20.8 Å². The number of hydrogen-bond acceptors (Lipinski definition) is 1. The van der Waals surface area contributed by atoms with Crippen molar-refractivity contribution >= 4 is 10.9 Å². The molecule has 0 aliphatic rings. The quantitative estimate of drug-likeness (QED) is 0.675. The van der Waals surface area contributed by atoms with Gasteiger partial charge in [-0.3, -0.25) is 4.79 Å². The molecule has 1 N–H and O–H groups in total. The van der Waals surface area contributed by atoms with Crippen LogP contribution in [0.1, 0.15) is 16.8 Å². The molecule has 0 saturated carbocycles. The van der Waals surface area contributed by atoms with E-state index in [1.54, 1.807) is 0 Å². The second-order valence-corrected chi connectivity index (χ2v) is 3.70. The fraction of sp³-hybridized carbons (Fsp3) is 0.250. The van der Waals surface area contributed by atoms with Crippen molar-refractivity contribution in [3.63, 3.8) is 0 Å². The van der Waals surface area contributed by atoms with Crippen LogP contribution in [-0.4, -0.2) is 4.98 Å². The molecule has 2 aromatic rings. The third-order valence-electron chi connectivity index (χ3n) is 2.73. The van der Waals surface area contributed by atoms with Crippen LogP contribution in [0, 0.1) is 20.8 Å². The summed E-state index contributed by atoms with van der Waals surface area (Å²) in [5, 5.41) is 0.785. The standard InChI is InChI=1S/C12H13NO/c1-7-5-4-6-10-11(7)13-9(3)8(2)12(10)14/h4-6H,1-3H3,(H,13,14). The SMILES string of the molecule is Cc1[nH]c2c(C)cccc2c(=O)c1C. The van der Waals surface area contributed by atoms with E-state index < -0.39 is 0 Å². The molecule has 0 fully saturated rings. The van der Waals surface area contributed by atoms with Crippen molar-refractivity contribution in [1.29, 1.82) is 0 Å². The predicted octanol–water partition coefficient (Wildman–Crippen LogP) is 2.45. The number of fused-ring (bicyclic) bond motifs is 1. The van der Waals surface area contributed by atoms with Gasteiger partial charge in [0.2, 0.25) is 0 Å². The maximum absolute atomic E-state index is 11.9. The van der Waals surface area contributed by atoms with Gasteiger partial charge in [0.1, 0.15) is 0 Å². The Hall–Kier alpha value is -1.57. The van der Waals surface area contributed by atoms with Crippen molar-refractivity contribution in [3.05, 3.63) is 45.2 Å². The van der Waals surface area contributed by atoms with Crippen molar-refractivity contribution in [3.8, 4) is 0 Å². The summed E-state index contributed by atoms with van der Waals surface area (Å²) in [4.78, 5) is 15.1. The predicted molar refractivity (Wildman–Crippen MR) is 58.8 cm³/mol. The van der Waals surface area contributed by atoms with Crippen LogP contribution in [0.3, 0.4) is 0 Å². The van der Waals surface area contributed by atoms with E-state index in [1.807, 2.05) is 39.0 Å². The van der Waals surface area contributed by atoms with E-state index in [4.69, 9.17) is 0 Å². The highest BCUT2D eigenvalue weighted by atomic mass is 16.1. The van der Waals surface area contributed by atoms with E-state index in [0.29, 0.717) is 0 Å². The summed E-state index contributed by atoms with van der Waals surface area (Å²) < 4.78 is 0. The number of aromatic nitrogens is 1. The molecular formula is C12H13NO. The van der Waals surface area contributed by atoms with Gasteiger partial charge in [0.05, 0.1) is 5.52 Å². The molecule has 0 unspecified atom stereocenters. The zero-order chi connectivity index (χ0) is 10.3. The van der Waals surface area contributed by atoms with Gasteiger partial charge in [-0.05, 0) is 32.4 Å². The average Bonchev–Trinajstić information content (AvgIpc) is 2.17. The highest BCUT2D eigenvalue weighted by molar-refractivity contribution is 5.82. The number of H-pyrrole nitrogens is 1. The van der Waals surface area contributed by atoms with E-state index in [0.717, 1.165) is 27.7 Å². The second kappa shape index (κ2) is 2.98. The third-order valence-corrected chi connectivity index (χ3v) is 2.73. The number of para-hydroxylation sites is 1. The van der Waals surface area contributed by atoms with Crippen LogP contribution in [0.2, 0.25) is 0 Å². The Morgan fingerprint density at radius 3 is 2.57 bits per heavy atom. The van der Waals surface area contributed by atoms with Gasteiger partial charge in [0, 0.05) is 16.6 Å². The van der Waals surface area contributed by atoms with E-state index in [9.17, 15) is 4.79 Å². The van der Waals surface area contributed by atoms with Crippen LogP contribution in [0.25, 0.3) is 10.9 Å². The summed E-state index contributed by atoms with van der Waals surface area (Å²) in [5.41, 5.74) is 3.98. The lowest BCUT2D eigenvalue weighted by Crippen LogP contribution is -2.09. The molecule has 0 bridgehead atoms. The van der Waals surface area contributed by atoms with Crippen LogP contribution >= 0.6 is 0 Å². The van der Waals surface area contributed by atoms with Gasteiger partial charge < -0.3 is 4.98 Å². The fourth-order valence-electron chi connectivity index (χ4n) is 1.68. The number of nitrogens with one attached hydrogen (secondary N) is 1. The number of hydrogen-bond donors (Lipinski definition) is 1. The van der Waals surface area contributed by atoms with Gasteiger partial charge in [-0.25, -0.2) is 0 Å². The number of aromatic amines is 1. The van der Waals surface area contributed by atoms with E-state index in [1.165, 1.54) is 0 Å². The van der Waals surface area contributed by atoms with Gasteiger partial charge in [-0.2, -0.15) is 0 Å². The van der Waals surface area contributed by atoms with Crippen LogP contribution in [-0.2, 0) is 0 Å². The smallest absolute Gasteiger partial charge is 0.192 e. The highest BCUT2D eigenvalue weighted by Gasteiger charge is 2.05. The monoisotopic (exact) mass is 187 g/mol. The number of pyridine rings is 1. The van der Waals surface area contributed by atoms with Crippen molar-refractivity contribution in [1.82, 2.24) is 4.98 Å². The molecule has 2 heteroatoms. The third kappa shape index (κ3) is 1.15. The summed E-state index contributed by atoms with van der Waals surface area (Å²) in [7, 11) is 0. The van der Waals surface area contributed by atoms with Crippen molar-refractivity contribution in [2.24, 2.45) is 0 Å². The Kier molecular flexibility index (Phi) is 1.92. The van der Waals surface area contributed by atoms with Crippen LogP contribution in [0.4, 0.5) is 0 Å². The van der Waals surface area contributed by atoms with Crippen molar-refractivity contribution < 1.29 is 0 Å². The van der Waals surface area contributed by atoms with Gasteiger partial charge in [0.15, 0.2) is 5.43 Å². The molecule has 0 aliphatic heterocycles. The molecule has 2 nitrogen and oxygen atoms in total. The molecular weight excluding hydrogens is 174 g/mol. The zero-order valence-electron chi connectivity index (χ0n) is 8.64. The normalized spacial score (nSPS) is 10.8. The topological polar surface area (TPSA) is 32.9 Å². The highest BCUT2D eigenvalue weighted by Crippen LogP contribution is 2.14. The Balaban J connectivity index is 3.06. The summed E-state index contributed by atoms with van der Waals surface area (Å²) in [6, 6.07) is 5.79. The molecule has 0 amide bonds. The number of rotatable bonds is 0. The molecule has 14 heavy (non-hydrogen) atoms. The molecule has 1 aromatic carbocycles. The van der Waals surface area contributed by atoms with Crippen molar-refractivity contribution in [2.75, 3.05) is 0 Å². The Labute approximate surface area is 82.6 Å². The summed E-state index contributed by atoms with van der Waals surface area (Å²) in [5.74, 6) is 0. The summed E-state index contributed by atoms with van der Waals surface area (Å²) in [6.45, 7) is 5.80. The maximum Gasteiger partial charge on any atom is 0.192 e. The first-order chi connectivity index (χ1) is 6.61. The molecule has 2 rings (SSSR count). The Morgan fingerprint density at radius 2 is 1.86 bits per heavy atom. The average molecular weight is 187 g/mol. The molecule has 0 saturated heterocycles. The van der Waals surface area contributed by atoms with Gasteiger partial charge in [0.25, 0.3) is 0 Å². The largest absolute Gasteiger partial charge is 0.358 e. The lowest BCUT2D eigenvalue weighted by atomic mass is 10.1. The lowest BCUT2D eigenvalue weighted by Gasteiger charge is -2.05. The van der Waals surface area contributed by atoms with Crippen LogP contribution in [0.5, 0.6) is 0 Å². The first-order valence-corrected chi connectivity index (χ1v) is 4.70. The van der Waals surface area contributed by atoms with E-state index in [-0.39, 0.29) is 5.43 Å². The Morgan fingerprint density at radius 1 is 1.14 bits per heavy atom. The first-order valence-electron chi connectivity index (χ1n) is 4.70. The second-order valence-electron chi connectivity index (χ2n) is 3.70. The fourth-order valence-corrected chi connectivity index (χ4v) is 1.68. The summed E-state index contributed by atoms with van der Waals surface area (Å²) in [6.07, 6.45) is 0. The number of aryl methyl sites for hydroxylation is 2. The molecule has 0 radical (unpaired) electrons. The summed E-state index contributed by atoms with van der Waals surface area (Å²) >= 11 is 0. The molecule has 0 atom stereocenters. The Bertz CT molecular complexity index is 552. The minimum Gasteiger partial charge on any atom is -0.358 e. The van der Waals surface area contributed by atoms with Crippen LogP contribution in [0.15, 0.2) is 23.0 Å². The molecule has 1 heterocycles. The lowest BCUT2D eigenvalue weighted by molar-refractivity contribution is 1.17. The maximum atomic E-state index is 11.9. The van der Waals surface area contributed by atoms with Gasteiger partial charge in [-0.1, -0.05) is 12.1 Å². The number of benzene rings is 1. The molecule has 1 aromatic heterocycles. The zero-order valence-corrected chi connectivity index (χ0v) is 8.64. The molecule has 0 spiro atoms. The molecule has 72 valence electrons. The van der Waals surface area contributed by atoms with Gasteiger partial charge in [-0.15, -0.1) is 0 Å². The minimum absolute atomic E-state index is 0.139. The minimum atomic E-state index is 0.139. The van der Waals surface area contributed by atoms with E-state index >= 15 is 0 Å². The first kappa shape index (κ1) is 9.00. The van der Waals surface area contributed by atoms with Crippen LogP contribution < -0.4 is 5.43 Å². The van der Waals surface area contributed by atoms with Gasteiger partial charge >= 0.3 is 0 Å². The molecule has 0 aliphatic carbocycles. The van der Waals surface area contributed by atoms with E-state index in [2.05, 4.69) is 4.98 Å².